The highest BCUT2D eigenvalue weighted by Crippen LogP contribution is 1.97. The molecule has 0 rings (SSSR count). The molecule has 7 nitrogen and oxygen atoms in total. The first kappa shape index (κ1) is 16.3. The van der Waals surface area contributed by atoms with Crippen LogP contribution in [0.1, 0.15) is 6.42 Å². The first-order valence-corrected chi connectivity index (χ1v) is 6.30. The van der Waals surface area contributed by atoms with Crippen LogP contribution in [0, 0.1) is 0 Å². The molecular weight excluding hydrogens is 260 g/mol. The Kier molecular flexibility index (Phi) is 8.46. The van der Waals surface area contributed by atoms with Gasteiger partial charge in [0.05, 0.1) is 6.42 Å². The fraction of sp³-hybridized carbons (Fsp3) is 0.500. The molecule has 8 heteroatoms. The minimum absolute atomic E-state index is 0.365. The summed E-state index contributed by atoms with van der Waals surface area (Å²) in [5, 5.41) is 21.7. The van der Waals surface area contributed by atoms with Crippen molar-refractivity contribution in [2.45, 2.75) is 12.5 Å². The van der Waals surface area contributed by atoms with Crippen LogP contribution in [-0.4, -0.2) is 52.3 Å². The fourth-order valence-corrected chi connectivity index (χ4v) is 1.57. The summed E-state index contributed by atoms with van der Waals surface area (Å²) in [7, 11) is 0. The number of carboxylic acid groups (broad SMARTS) is 2. The van der Waals surface area contributed by atoms with Gasteiger partial charge in [-0.05, 0) is 0 Å². The van der Waals surface area contributed by atoms with E-state index in [2.05, 4.69) is 17.2 Å². The van der Waals surface area contributed by atoms with Crippen LogP contribution >= 0.6 is 11.8 Å². The fourth-order valence-electron chi connectivity index (χ4n) is 0.987. The Morgan fingerprint density at radius 3 is 2.50 bits per heavy atom. The summed E-state index contributed by atoms with van der Waals surface area (Å²) in [5.41, 5.74) is 0. The van der Waals surface area contributed by atoms with Crippen molar-refractivity contribution in [3.05, 3.63) is 12.7 Å². The van der Waals surface area contributed by atoms with Crippen LogP contribution in [0.4, 0.5) is 4.79 Å². The van der Waals surface area contributed by atoms with Crippen molar-refractivity contribution in [2.24, 2.45) is 0 Å². The minimum atomic E-state index is -1.43. The predicted octanol–water partition coefficient (Wildman–Crippen LogP) is 0.133. The van der Waals surface area contributed by atoms with Crippen LogP contribution in [-0.2, 0) is 9.59 Å². The Morgan fingerprint density at radius 2 is 2.00 bits per heavy atom. The van der Waals surface area contributed by atoms with E-state index in [1.807, 2.05) is 0 Å². The molecule has 0 aromatic rings. The number of carbonyl (C=O) groups excluding carboxylic acids is 1. The van der Waals surface area contributed by atoms with E-state index in [9.17, 15) is 14.4 Å². The standard InChI is InChI=1S/C10H16N2O5S/c1-2-4-18-5-3-11-10(17)12-7(9(15)16)6-8(13)14/h2,7H,1,3-6H2,(H,13,14)(H,15,16)(H2,11,12,17)/t7-/m0/s1. The minimum Gasteiger partial charge on any atom is -0.481 e. The third-order valence-corrected chi connectivity index (χ3v) is 2.71. The molecule has 0 heterocycles. The Hall–Kier alpha value is -1.70. The van der Waals surface area contributed by atoms with Crippen LogP contribution in [0.2, 0.25) is 0 Å². The van der Waals surface area contributed by atoms with Crippen molar-refractivity contribution >= 4 is 29.7 Å². The summed E-state index contributed by atoms with van der Waals surface area (Å²) < 4.78 is 0. The lowest BCUT2D eigenvalue weighted by atomic mass is 10.2. The van der Waals surface area contributed by atoms with Gasteiger partial charge < -0.3 is 20.8 Å². The quantitative estimate of drug-likeness (QED) is 0.351. The highest BCUT2D eigenvalue weighted by Gasteiger charge is 2.22. The molecule has 0 fully saturated rings. The van der Waals surface area contributed by atoms with Gasteiger partial charge in [0.15, 0.2) is 0 Å². The Morgan fingerprint density at radius 1 is 1.33 bits per heavy atom. The van der Waals surface area contributed by atoms with Crippen molar-refractivity contribution in [1.29, 1.82) is 0 Å². The molecule has 1 atom stereocenters. The number of nitrogens with one attached hydrogen (secondary N) is 2. The van der Waals surface area contributed by atoms with Crippen molar-refractivity contribution in [1.82, 2.24) is 10.6 Å². The number of amides is 2. The monoisotopic (exact) mass is 276 g/mol. The lowest BCUT2D eigenvalue weighted by Gasteiger charge is -2.13. The number of aliphatic carboxylic acids is 2. The van der Waals surface area contributed by atoms with Crippen molar-refractivity contribution in [3.8, 4) is 0 Å². The van der Waals surface area contributed by atoms with Gasteiger partial charge >= 0.3 is 18.0 Å². The van der Waals surface area contributed by atoms with Crippen molar-refractivity contribution < 1.29 is 24.6 Å². The normalized spacial score (nSPS) is 11.3. The molecular formula is C10H16N2O5S. The number of rotatable bonds is 9. The summed E-state index contributed by atoms with van der Waals surface area (Å²) in [6.45, 7) is 3.90. The van der Waals surface area contributed by atoms with Gasteiger partial charge in [0.2, 0.25) is 0 Å². The molecule has 0 bridgehead atoms. The van der Waals surface area contributed by atoms with E-state index >= 15 is 0 Å². The first-order valence-electron chi connectivity index (χ1n) is 5.15. The smallest absolute Gasteiger partial charge is 0.326 e. The second-order valence-corrected chi connectivity index (χ2v) is 4.40. The number of hydrogen-bond acceptors (Lipinski definition) is 4. The number of urea groups is 1. The molecule has 0 unspecified atom stereocenters. The van der Waals surface area contributed by atoms with Gasteiger partial charge in [0, 0.05) is 18.1 Å². The van der Waals surface area contributed by atoms with Crippen LogP contribution in [0.3, 0.4) is 0 Å². The molecule has 102 valence electrons. The predicted molar refractivity (Wildman–Crippen MR) is 67.7 cm³/mol. The third kappa shape index (κ3) is 8.45. The molecule has 0 aliphatic rings. The van der Waals surface area contributed by atoms with Gasteiger partial charge in [-0.3, -0.25) is 4.79 Å². The van der Waals surface area contributed by atoms with Crippen LogP contribution in [0.25, 0.3) is 0 Å². The zero-order valence-corrected chi connectivity index (χ0v) is 10.5. The molecule has 0 saturated carbocycles. The van der Waals surface area contributed by atoms with Crippen molar-refractivity contribution in [3.63, 3.8) is 0 Å². The van der Waals surface area contributed by atoms with E-state index in [1.54, 1.807) is 17.8 Å². The molecule has 0 radical (unpaired) electrons. The second kappa shape index (κ2) is 9.34. The van der Waals surface area contributed by atoms with E-state index in [0.717, 1.165) is 5.75 Å². The van der Waals surface area contributed by atoms with Gasteiger partial charge in [-0.25, -0.2) is 9.59 Å². The van der Waals surface area contributed by atoms with E-state index in [4.69, 9.17) is 10.2 Å². The van der Waals surface area contributed by atoms with E-state index in [0.29, 0.717) is 12.3 Å². The molecule has 0 aromatic carbocycles. The highest BCUT2D eigenvalue weighted by atomic mass is 32.2. The molecule has 18 heavy (non-hydrogen) atoms. The molecule has 0 aliphatic heterocycles. The number of hydrogen-bond donors (Lipinski definition) is 4. The zero-order chi connectivity index (χ0) is 14.0. The van der Waals surface area contributed by atoms with Gasteiger partial charge in [-0.15, -0.1) is 6.58 Å². The third-order valence-electron chi connectivity index (χ3n) is 1.75. The average molecular weight is 276 g/mol. The average Bonchev–Trinajstić information content (AvgIpc) is 2.27. The van der Waals surface area contributed by atoms with Crippen LogP contribution in [0.5, 0.6) is 0 Å². The summed E-state index contributed by atoms with van der Waals surface area (Å²) in [5.74, 6) is -1.24. The topological polar surface area (TPSA) is 116 Å². The lowest BCUT2D eigenvalue weighted by molar-refractivity contribution is -0.145. The SMILES string of the molecule is C=CCSCCNC(=O)N[C@@H](CC(=O)O)C(=O)O. The highest BCUT2D eigenvalue weighted by molar-refractivity contribution is 7.99. The first-order chi connectivity index (χ1) is 8.47. The van der Waals surface area contributed by atoms with Crippen molar-refractivity contribution in [2.75, 3.05) is 18.1 Å². The summed E-state index contributed by atoms with van der Waals surface area (Å²) >= 11 is 1.56. The Balaban J connectivity index is 3.91. The summed E-state index contributed by atoms with van der Waals surface area (Å²) in [6.07, 6.45) is 1.08. The molecule has 0 spiro atoms. The largest absolute Gasteiger partial charge is 0.481 e. The molecule has 0 aliphatic carbocycles. The molecule has 0 aromatic heterocycles. The van der Waals surface area contributed by atoms with Crippen LogP contribution in [0.15, 0.2) is 12.7 Å². The Bertz CT molecular complexity index is 321. The molecule has 0 saturated heterocycles. The maximum atomic E-state index is 11.3. The van der Waals surface area contributed by atoms with Gasteiger partial charge in [0.1, 0.15) is 6.04 Å². The van der Waals surface area contributed by atoms with Gasteiger partial charge in [0.25, 0.3) is 0 Å². The number of thioether (sulfide) groups is 1. The zero-order valence-electron chi connectivity index (χ0n) is 9.72. The maximum absolute atomic E-state index is 11.3. The number of carbonyl (C=O) groups is 3. The Labute approximate surface area is 109 Å². The van der Waals surface area contributed by atoms with E-state index in [-0.39, 0.29) is 0 Å². The van der Waals surface area contributed by atoms with Gasteiger partial charge in [-0.1, -0.05) is 6.08 Å². The van der Waals surface area contributed by atoms with E-state index < -0.39 is 30.4 Å². The second-order valence-electron chi connectivity index (χ2n) is 3.25. The van der Waals surface area contributed by atoms with E-state index in [1.165, 1.54) is 0 Å². The number of carboxylic acids is 2. The molecule has 4 N–H and O–H groups in total. The van der Waals surface area contributed by atoms with Crippen LogP contribution < -0.4 is 10.6 Å². The van der Waals surface area contributed by atoms with Gasteiger partial charge in [-0.2, -0.15) is 11.8 Å². The summed E-state index contributed by atoms with van der Waals surface area (Å²) in [4.78, 5) is 32.3. The molecule has 2 amide bonds. The summed E-state index contributed by atoms with van der Waals surface area (Å²) in [6, 6.07) is -2.12. The lowest BCUT2D eigenvalue weighted by Crippen LogP contribution is -2.47. The maximum Gasteiger partial charge on any atom is 0.326 e.